The summed E-state index contributed by atoms with van der Waals surface area (Å²) in [7, 11) is -0.622. The Morgan fingerprint density at radius 2 is 1.91 bits per heavy atom. The van der Waals surface area contributed by atoms with Crippen molar-refractivity contribution in [3.63, 3.8) is 0 Å². The molecule has 0 bridgehead atoms. The van der Waals surface area contributed by atoms with Crippen molar-refractivity contribution in [3.05, 3.63) is 24.0 Å². The van der Waals surface area contributed by atoms with Gasteiger partial charge in [0.15, 0.2) is 0 Å². The van der Waals surface area contributed by atoms with Gasteiger partial charge in [0.1, 0.15) is 5.75 Å². The lowest BCUT2D eigenvalue weighted by molar-refractivity contribution is 0.440. The van der Waals surface area contributed by atoms with E-state index < -0.39 is 19.6 Å². The first-order valence-corrected chi connectivity index (χ1v) is 2.79. The van der Waals surface area contributed by atoms with Crippen molar-refractivity contribution in [3.8, 4) is 5.75 Å². The first kappa shape index (κ1) is 7.94. The monoisotopic (exact) mass is 159 g/mol. The highest BCUT2D eigenvalue weighted by molar-refractivity contribution is 6.17. The predicted molar refractivity (Wildman–Crippen MR) is 34.1 cm³/mol. The zero-order valence-corrected chi connectivity index (χ0v) is 5.42. The van der Waals surface area contributed by atoms with Crippen LogP contribution in [0.15, 0.2) is 12.1 Å². The fourth-order valence-electron chi connectivity index (χ4n) is 0.601. The Morgan fingerprint density at radius 1 is 1.36 bits per heavy atom. The first-order chi connectivity index (χ1) is 5.22. The molecule has 1 heterocycles. The van der Waals surface area contributed by atoms with Crippen molar-refractivity contribution in [2.75, 3.05) is 0 Å². The van der Waals surface area contributed by atoms with Gasteiger partial charge in [-0.2, -0.15) is 13.8 Å². The van der Waals surface area contributed by atoms with E-state index in [2.05, 4.69) is 9.64 Å². The van der Waals surface area contributed by atoms with E-state index in [1.807, 2.05) is 0 Å². The third-order valence-corrected chi connectivity index (χ3v) is 0.968. The Kier molecular flexibility index (Phi) is 2.38. The second kappa shape index (κ2) is 3.29. The van der Waals surface area contributed by atoms with Crippen LogP contribution in [0.2, 0.25) is 0 Å². The van der Waals surface area contributed by atoms with Gasteiger partial charge in [-0.05, 0) is 0 Å². The van der Waals surface area contributed by atoms with Crippen LogP contribution in [0, 0.1) is 11.9 Å². The smallest absolute Gasteiger partial charge is 0.504 e. The molecule has 0 radical (unpaired) electrons. The lowest BCUT2D eigenvalue weighted by atomic mass is 10.3. The molecule has 0 saturated carbocycles. The average molecular weight is 159 g/mol. The number of nitrogens with zero attached hydrogens (tertiary/aromatic N) is 1. The molecule has 1 aromatic heterocycles. The molecule has 6 heteroatoms. The van der Waals surface area contributed by atoms with Crippen LogP contribution < -0.4 is 4.65 Å². The third-order valence-electron chi connectivity index (χ3n) is 0.968. The molecule has 0 aliphatic rings. The van der Waals surface area contributed by atoms with Crippen LogP contribution >= 0.6 is 0 Å². The van der Waals surface area contributed by atoms with Crippen molar-refractivity contribution in [1.29, 1.82) is 0 Å². The van der Waals surface area contributed by atoms with Gasteiger partial charge in [0.25, 0.3) is 0 Å². The van der Waals surface area contributed by atoms with Crippen molar-refractivity contribution in [2.45, 2.75) is 0 Å². The van der Waals surface area contributed by atoms with Crippen LogP contribution in [0.4, 0.5) is 8.78 Å². The van der Waals surface area contributed by atoms with Gasteiger partial charge in [0.05, 0.1) is 0 Å². The highest BCUT2D eigenvalue weighted by atomic mass is 19.1. The predicted octanol–water partition coefficient (Wildman–Crippen LogP) is -0.00260. The topological polar surface area (TPSA) is 42.4 Å². The summed E-state index contributed by atoms with van der Waals surface area (Å²) in [6.07, 6.45) is 0. The second-order valence-electron chi connectivity index (χ2n) is 1.72. The number of hydrogen-bond acceptors (Lipinski definition) is 3. The van der Waals surface area contributed by atoms with Crippen LogP contribution in [0.3, 0.4) is 0 Å². The summed E-state index contributed by atoms with van der Waals surface area (Å²) < 4.78 is 28.9. The average Bonchev–Trinajstić information content (AvgIpc) is 1.85. The van der Waals surface area contributed by atoms with Crippen LogP contribution in [0.1, 0.15) is 0 Å². The SMILES string of the molecule is OBOc1cc(F)nc(F)c1. The Balaban J connectivity index is 2.89. The minimum absolute atomic E-state index is 0.0856. The first-order valence-electron chi connectivity index (χ1n) is 2.79. The highest BCUT2D eigenvalue weighted by Gasteiger charge is 2.01. The van der Waals surface area contributed by atoms with Crippen molar-refractivity contribution in [2.24, 2.45) is 0 Å². The van der Waals surface area contributed by atoms with Crippen LogP contribution in [-0.4, -0.2) is 17.7 Å². The fraction of sp³-hybridized carbons (Fsp3) is 0. The number of rotatable bonds is 2. The van der Waals surface area contributed by atoms with Gasteiger partial charge in [-0.15, -0.1) is 0 Å². The molecular weight excluding hydrogens is 155 g/mol. The molecule has 1 N–H and O–H groups in total. The van der Waals surface area contributed by atoms with E-state index in [0.717, 1.165) is 12.1 Å². The maximum atomic E-state index is 12.2. The van der Waals surface area contributed by atoms with E-state index in [9.17, 15) is 8.78 Å². The van der Waals surface area contributed by atoms with Gasteiger partial charge in [-0.25, -0.2) is 0 Å². The Morgan fingerprint density at radius 3 is 2.36 bits per heavy atom. The van der Waals surface area contributed by atoms with Gasteiger partial charge in [-0.3, -0.25) is 0 Å². The summed E-state index contributed by atoms with van der Waals surface area (Å²) in [6.45, 7) is 0. The summed E-state index contributed by atoms with van der Waals surface area (Å²) in [6, 6.07) is 1.75. The van der Waals surface area contributed by atoms with Gasteiger partial charge >= 0.3 is 7.69 Å². The molecular formula is C5H4BF2NO2. The van der Waals surface area contributed by atoms with Crippen molar-refractivity contribution < 1.29 is 18.5 Å². The number of halogens is 2. The lowest BCUT2D eigenvalue weighted by Gasteiger charge is -1.99. The third kappa shape index (κ3) is 2.16. The zero-order chi connectivity index (χ0) is 8.27. The number of hydrogen-bond donors (Lipinski definition) is 1. The van der Waals surface area contributed by atoms with Gasteiger partial charge < -0.3 is 9.68 Å². The maximum Gasteiger partial charge on any atom is 0.504 e. The normalized spacial score (nSPS) is 9.36. The molecule has 0 fully saturated rings. The zero-order valence-electron chi connectivity index (χ0n) is 5.42. The molecule has 0 amide bonds. The lowest BCUT2D eigenvalue weighted by Crippen LogP contribution is -2.01. The molecule has 58 valence electrons. The van der Waals surface area contributed by atoms with E-state index in [1.165, 1.54) is 0 Å². The van der Waals surface area contributed by atoms with Crippen LogP contribution in [0.5, 0.6) is 5.75 Å². The molecule has 0 saturated heterocycles. The van der Waals surface area contributed by atoms with E-state index >= 15 is 0 Å². The molecule has 11 heavy (non-hydrogen) atoms. The Hall–Kier alpha value is -1.17. The fourth-order valence-corrected chi connectivity index (χ4v) is 0.601. The largest absolute Gasteiger partial charge is 0.539 e. The summed E-state index contributed by atoms with van der Waals surface area (Å²) >= 11 is 0. The molecule has 0 spiro atoms. The molecule has 0 atom stereocenters. The van der Waals surface area contributed by atoms with Crippen LogP contribution in [-0.2, 0) is 0 Å². The molecule has 3 nitrogen and oxygen atoms in total. The molecule has 1 aromatic rings. The standard InChI is InChI=1S/C5H4BF2NO2/c7-4-1-3(11-6-10)2-5(8)9-4/h1-2,6,10H. The molecule has 0 aliphatic carbocycles. The molecule has 0 aromatic carbocycles. The summed E-state index contributed by atoms with van der Waals surface area (Å²) in [5, 5.41) is 8.21. The second-order valence-corrected chi connectivity index (χ2v) is 1.72. The summed E-state index contributed by atoms with van der Waals surface area (Å²) in [5.41, 5.74) is 0. The summed E-state index contributed by atoms with van der Waals surface area (Å²) in [5.74, 6) is -2.04. The quantitative estimate of drug-likeness (QED) is 0.487. The Labute approximate surface area is 61.9 Å². The minimum atomic E-state index is -0.978. The van der Waals surface area contributed by atoms with Crippen molar-refractivity contribution >= 4 is 7.69 Å². The number of pyridine rings is 1. The summed E-state index contributed by atoms with van der Waals surface area (Å²) in [4.78, 5) is 2.82. The van der Waals surface area contributed by atoms with Crippen molar-refractivity contribution in [1.82, 2.24) is 4.98 Å². The molecule has 0 unspecified atom stereocenters. The number of aromatic nitrogens is 1. The maximum absolute atomic E-state index is 12.2. The van der Waals surface area contributed by atoms with Crippen LogP contribution in [0.25, 0.3) is 0 Å². The van der Waals surface area contributed by atoms with Gasteiger partial charge in [0.2, 0.25) is 11.9 Å². The molecule has 0 aliphatic heterocycles. The molecule has 1 rings (SSSR count). The van der Waals surface area contributed by atoms with Gasteiger partial charge in [-0.1, -0.05) is 0 Å². The van der Waals surface area contributed by atoms with E-state index in [0.29, 0.717) is 0 Å². The van der Waals surface area contributed by atoms with E-state index in [-0.39, 0.29) is 5.75 Å². The van der Waals surface area contributed by atoms with Gasteiger partial charge in [0, 0.05) is 12.1 Å². The van der Waals surface area contributed by atoms with E-state index in [4.69, 9.17) is 5.02 Å². The Bertz CT molecular complexity index is 238. The minimum Gasteiger partial charge on any atom is -0.539 e. The van der Waals surface area contributed by atoms with E-state index in [1.54, 1.807) is 0 Å². The highest BCUT2D eigenvalue weighted by Crippen LogP contribution is 2.11.